The first-order chi connectivity index (χ1) is 7.66. The summed E-state index contributed by atoms with van der Waals surface area (Å²) >= 11 is 0. The van der Waals surface area contributed by atoms with E-state index in [-0.39, 0.29) is 24.3 Å². The number of carbonyl (C=O) groups is 2. The monoisotopic (exact) mass is 225 g/mol. The highest BCUT2D eigenvalue weighted by Crippen LogP contribution is 2.18. The highest BCUT2D eigenvalue weighted by Gasteiger charge is 2.30. The molecule has 1 saturated carbocycles. The largest absolute Gasteiger partial charge is 0.352 e. The molecule has 1 aliphatic heterocycles. The van der Waals surface area contributed by atoms with Crippen LogP contribution in [0.25, 0.3) is 0 Å². The molecule has 2 amide bonds. The van der Waals surface area contributed by atoms with Crippen molar-refractivity contribution < 1.29 is 9.59 Å². The van der Waals surface area contributed by atoms with Crippen molar-refractivity contribution in [2.45, 2.75) is 25.8 Å². The fraction of sp³-hybridized carbons (Fsp3) is 0.818. The van der Waals surface area contributed by atoms with Crippen LogP contribution in [0, 0.1) is 11.8 Å². The number of hydrogen-bond acceptors (Lipinski definition) is 3. The number of nitrogens with one attached hydrogen (secondary N) is 3. The summed E-state index contributed by atoms with van der Waals surface area (Å²) in [6.07, 6.45) is 2.15. The van der Waals surface area contributed by atoms with Crippen molar-refractivity contribution in [2.75, 3.05) is 19.6 Å². The molecule has 5 heteroatoms. The van der Waals surface area contributed by atoms with Crippen molar-refractivity contribution in [3.05, 3.63) is 0 Å². The Morgan fingerprint density at radius 2 is 2.06 bits per heavy atom. The predicted molar refractivity (Wildman–Crippen MR) is 59.7 cm³/mol. The molecule has 16 heavy (non-hydrogen) atoms. The molecule has 3 N–H and O–H groups in total. The predicted octanol–water partition coefficient (Wildman–Crippen LogP) is -0.763. The molecule has 2 unspecified atom stereocenters. The summed E-state index contributed by atoms with van der Waals surface area (Å²) in [5, 5.41) is 8.71. The van der Waals surface area contributed by atoms with Crippen LogP contribution in [0.5, 0.6) is 0 Å². The van der Waals surface area contributed by atoms with Crippen molar-refractivity contribution in [2.24, 2.45) is 11.8 Å². The van der Waals surface area contributed by atoms with Crippen LogP contribution >= 0.6 is 0 Å². The minimum Gasteiger partial charge on any atom is -0.352 e. The zero-order valence-corrected chi connectivity index (χ0v) is 9.58. The Bertz CT molecular complexity index is 289. The molecule has 1 aliphatic carbocycles. The molecule has 2 aliphatic rings. The third-order valence-corrected chi connectivity index (χ3v) is 3.22. The fourth-order valence-electron chi connectivity index (χ4n) is 1.97. The smallest absolute Gasteiger partial charge is 0.239 e. The normalized spacial score (nSPS) is 28.8. The lowest BCUT2D eigenvalue weighted by molar-refractivity contribution is -0.128. The molecule has 2 rings (SSSR count). The van der Waals surface area contributed by atoms with Gasteiger partial charge in [-0.25, -0.2) is 0 Å². The van der Waals surface area contributed by atoms with Gasteiger partial charge in [0.1, 0.15) is 0 Å². The van der Waals surface area contributed by atoms with Gasteiger partial charge < -0.3 is 16.0 Å². The van der Waals surface area contributed by atoms with Gasteiger partial charge in [0.25, 0.3) is 0 Å². The Morgan fingerprint density at radius 3 is 2.62 bits per heavy atom. The quantitative estimate of drug-likeness (QED) is 0.589. The van der Waals surface area contributed by atoms with Gasteiger partial charge in [-0.3, -0.25) is 9.59 Å². The van der Waals surface area contributed by atoms with E-state index in [4.69, 9.17) is 0 Å². The lowest BCUT2D eigenvalue weighted by Gasteiger charge is -2.13. The summed E-state index contributed by atoms with van der Waals surface area (Å²) in [6.45, 7) is 3.76. The van der Waals surface area contributed by atoms with Crippen LogP contribution in [0.2, 0.25) is 0 Å². The van der Waals surface area contributed by atoms with E-state index in [0.717, 1.165) is 25.9 Å². The second kappa shape index (κ2) is 4.82. The summed E-state index contributed by atoms with van der Waals surface area (Å²) in [6, 6.07) is 0.358. The summed E-state index contributed by atoms with van der Waals surface area (Å²) in [7, 11) is 0. The maximum Gasteiger partial charge on any atom is 0.239 e. The van der Waals surface area contributed by atoms with Crippen molar-refractivity contribution in [3.8, 4) is 0 Å². The second-order valence-electron chi connectivity index (χ2n) is 4.80. The molecule has 2 atom stereocenters. The summed E-state index contributed by atoms with van der Waals surface area (Å²) < 4.78 is 0. The minimum absolute atomic E-state index is 0.00808. The molecule has 0 aromatic heterocycles. The van der Waals surface area contributed by atoms with Crippen LogP contribution in [0.15, 0.2) is 0 Å². The number of amides is 2. The Balaban J connectivity index is 1.68. The molecule has 1 saturated heterocycles. The number of hydrogen-bond donors (Lipinski definition) is 3. The molecule has 0 spiro atoms. The molecule has 90 valence electrons. The first-order valence-electron chi connectivity index (χ1n) is 5.94. The Morgan fingerprint density at radius 1 is 1.31 bits per heavy atom. The topological polar surface area (TPSA) is 70.2 Å². The lowest BCUT2D eigenvalue weighted by Crippen LogP contribution is -2.41. The summed E-state index contributed by atoms with van der Waals surface area (Å²) in [5.74, 6) is 0.276. The Labute approximate surface area is 95.3 Å². The zero-order valence-electron chi connectivity index (χ0n) is 9.58. The van der Waals surface area contributed by atoms with Crippen LogP contribution in [0.3, 0.4) is 0 Å². The summed E-state index contributed by atoms with van der Waals surface area (Å²) in [4.78, 5) is 23.1. The van der Waals surface area contributed by atoms with Gasteiger partial charge in [0.05, 0.1) is 12.5 Å². The highest BCUT2D eigenvalue weighted by atomic mass is 16.2. The first kappa shape index (κ1) is 11.4. The van der Waals surface area contributed by atoms with Crippen molar-refractivity contribution >= 4 is 11.8 Å². The fourth-order valence-corrected chi connectivity index (χ4v) is 1.97. The molecular formula is C11H19N3O2. The molecule has 0 bridgehead atoms. The van der Waals surface area contributed by atoms with E-state index < -0.39 is 0 Å². The van der Waals surface area contributed by atoms with Crippen LogP contribution < -0.4 is 16.0 Å². The molecular weight excluding hydrogens is 206 g/mol. The van der Waals surface area contributed by atoms with E-state index in [9.17, 15) is 9.59 Å². The number of carbonyl (C=O) groups excluding carboxylic acids is 2. The SMILES string of the molecule is CC1CNCC1C(=O)NCC(=O)NC1CC1. The third kappa shape index (κ3) is 2.95. The Hall–Kier alpha value is -1.10. The molecule has 1 heterocycles. The first-order valence-corrected chi connectivity index (χ1v) is 5.94. The van der Waals surface area contributed by atoms with Gasteiger partial charge in [0.2, 0.25) is 11.8 Å². The second-order valence-corrected chi connectivity index (χ2v) is 4.80. The van der Waals surface area contributed by atoms with Gasteiger partial charge in [-0.15, -0.1) is 0 Å². The van der Waals surface area contributed by atoms with E-state index >= 15 is 0 Å². The van der Waals surface area contributed by atoms with E-state index in [1.165, 1.54) is 0 Å². The van der Waals surface area contributed by atoms with Gasteiger partial charge in [-0.1, -0.05) is 6.92 Å². The van der Waals surface area contributed by atoms with Crippen molar-refractivity contribution in [1.82, 2.24) is 16.0 Å². The molecule has 5 nitrogen and oxygen atoms in total. The van der Waals surface area contributed by atoms with Gasteiger partial charge >= 0.3 is 0 Å². The maximum absolute atomic E-state index is 11.7. The standard InChI is InChI=1S/C11H19N3O2/c1-7-4-12-5-9(7)11(16)13-6-10(15)14-8-2-3-8/h7-9,12H,2-6H2,1H3,(H,13,16)(H,14,15). The van der Waals surface area contributed by atoms with E-state index in [1.54, 1.807) is 0 Å². The van der Waals surface area contributed by atoms with E-state index in [2.05, 4.69) is 22.9 Å². The van der Waals surface area contributed by atoms with Crippen molar-refractivity contribution in [1.29, 1.82) is 0 Å². The van der Waals surface area contributed by atoms with Gasteiger partial charge in [0, 0.05) is 12.6 Å². The van der Waals surface area contributed by atoms with Crippen LogP contribution in [-0.2, 0) is 9.59 Å². The minimum atomic E-state index is -0.0746. The summed E-state index contributed by atoms with van der Waals surface area (Å²) in [5.41, 5.74) is 0. The van der Waals surface area contributed by atoms with E-state index in [1.807, 2.05) is 0 Å². The lowest BCUT2D eigenvalue weighted by atomic mass is 9.97. The van der Waals surface area contributed by atoms with Crippen LogP contribution in [0.1, 0.15) is 19.8 Å². The Kier molecular flexibility index (Phi) is 3.43. The molecule has 0 radical (unpaired) electrons. The molecule has 0 aromatic carbocycles. The van der Waals surface area contributed by atoms with Gasteiger partial charge in [-0.2, -0.15) is 0 Å². The number of rotatable bonds is 4. The highest BCUT2D eigenvalue weighted by molar-refractivity contribution is 5.86. The average Bonchev–Trinajstić information content (AvgIpc) is 2.95. The molecule has 2 fully saturated rings. The third-order valence-electron chi connectivity index (χ3n) is 3.22. The molecule has 0 aromatic rings. The average molecular weight is 225 g/mol. The van der Waals surface area contributed by atoms with E-state index in [0.29, 0.717) is 12.0 Å². The zero-order chi connectivity index (χ0) is 11.5. The van der Waals surface area contributed by atoms with Crippen LogP contribution in [0.4, 0.5) is 0 Å². The van der Waals surface area contributed by atoms with Crippen LogP contribution in [-0.4, -0.2) is 37.5 Å². The van der Waals surface area contributed by atoms with Gasteiger partial charge in [0.15, 0.2) is 0 Å². The van der Waals surface area contributed by atoms with Gasteiger partial charge in [-0.05, 0) is 25.3 Å². The maximum atomic E-state index is 11.7. The van der Waals surface area contributed by atoms with Crippen molar-refractivity contribution in [3.63, 3.8) is 0 Å².